The van der Waals surface area contributed by atoms with Crippen LogP contribution in [-0.2, 0) is 4.79 Å². The van der Waals surface area contributed by atoms with Gasteiger partial charge in [0.05, 0.1) is 10.8 Å². The maximum atomic E-state index is 10.7. The predicted octanol–water partition coefficient (Wildman–Crippen LogP) is 4.12. The molecule has 0 saturated carbocycles. The summed E-state index contributed by atoms with van der Waals surface area (Å²) in [4.78, 5) is 10.7. The summed E-state index contributed by atoms with van der Waals surface area (Å²) < 4.78 is 2.77. The Labute approximate surface area is 139 Å². The summed E-state index contributed by atoms with van der Waals surface area (Å²) in [6.45, 7) is 3.98. The number of carboxylic acids is 1. The minimum atomic E-state index is -0.887. The van der Waals surface area contributed by atoms with E-state index in [1.54, 1.807) is 6.07 Å². The van der Waals surface area contributed by atoms with Gasteiger partial charge in [0.1, 0.15) is 0 Å². The van der Waals surface area contributed by atoms with Gasteiger partial charge in [0.25, 0.3) is 0 Å². The third-order valence-corrected chi connectivity index (χ3v) is 4.41. The summed E-state index contributed by atoms with van der Waals surface area (Å²) in [5.41, 5.74) is 0.767. The van der Waals surface area contributed by atoms with Crippen molar-refractivity contribution in [3.05, 3.63) is 27.7 Å². The van der Waals surface area contributed by atoms with Gasteiger partial charge in [-0.3, -0.25) is 9.36 Å². The molecule has 112 valence electrons. The molecule has 0 fully saturated rings. The van der Waals surface area contributed by atoms with Crippen LogP contribution in [0, 0.1) is 0 Å². The molecule has 0 bridgehead atoms. The van der Waals surface area contributed by atoms with Crippen molar-refractivity contribution in [3.8, 4) is 11.4 Å². The normalized spacial score (nSPS) is 11.1. The number of hydrogen-bond donors (Lipinski definition) is 1. The Morgan fingerprint density at radius 2 is 2.19 bits per heavy atom. The second kappa shape index (κ2) is 6.81. The molecule has 1 aromatic heterocycles. The van der Waals surface area contributed by atoms with Crippen LogP contribution in [0.2, 0.25) is 5.02 Å². The molecule has 0 aliphatic carbocycles. The van der Waals surface area contributed by atoms with Crippen molar-refractivity contribution in [2.45, 2.75) is 25.0 Å². The molecule has 0 amide bonds. The average Bonchev–Trinajstić information content (AvgIpc) is 2.80. The lowest BCUT2D eigenvalue weighted by Crippen LogP contribution is -2.07. The van der Waals surface area contributed by atoms with Gasteiger partial charge in [-0.25, -0.2) is 0 Å². The van der Waals surface area contributed by atoms with Crippen molar-refractivity contribution in [1.82, 2.24) is 14.8 Å². The summed E-state index contributed by atoms with van der Waals surface area (Å²) in [5, 5.41) is 18.2. The lowest BCUT2D eigenvalue weighted by Gasteiger charge is -2.14. The molecular weight excluding hydrogens is 378 g/mol. The molecule has 5 nitrogen and oxygen atoms in total. The molecule has 0 unspecified atom stereocenters. The van der Waals surface area contributed by atoms with Crippen LogP contribution in [0.4, 0.5) is 0 Å². The van der Waals surface area contributed by atoms with Crippen LogP contribution in [0.15, 0.2) is 27.8 Å². The number of aromatic nitrogens is 3. The third-order valence-electron chi connectivity index (χ3n) is 2.68. The third kappa shape index (κ3) is 3.78. The van der Waals surface area contributed by atoms with E-state index < -0.39 is 5.97 Å². The number of hydrogen-bond acceptors (Lipinski definition) is 4. The van der Waals surface area contributed by atoms with Gasteiger partial charge in [0.2, 0.25) is 0 Å². The Morgan fingerprint density at radius 1 is 1.48 bits per heavy atom. The molecule has 1 aromatic carbocycles. The van der Waals surface area contributed by atoms with Crippen LogP contribution in [0.1, 0.15) is 19.9 Å². The van der Waals surface area contributed by atoms with Crippen molar-refractivity contribution in [1.29, 1.82) is 0 Å². The first-order chi connectivity index (χ1) is 9.90. The van der Waals surface area contributed by atoms with Gasteiger partial charge in [-0.1, -0.05) is 39.3 Å². The van der Waals surface area contributed by atoms with Gasteiger partial charge in [0, 0.05) is 16.1 Å². The van der Waals surface area contributed by atoms with E-state index in [9.17, 15) is 4.79 Å². The van der Waals surface area contributed by atoms with E-state index in [2.05, 4.69) is 26.1 Å². The largest absolute Gasteiger partial charge is 0.481 e. The molecule has 0 saturated heterocycles. The molecule has 21 heavy (non-hydrogen) atoms. The maximum absolute atomic E-state index is 10.7. The molecule has 0 radical (unpaired) electrons. The van der Waals surface area contributed by atoms with E-state index in [-0.39, 0.29) is 11.8 Å². The zero-order valence-corrected chi connectivity index (χ0v) is 14.5. The lowest BCUT2D eigenvalue weighted by molar-refractivity contribution is -0.133. The topological polar surface area (TPSA) is 68.0 Å². The van der Waals surface area contributed by atoms with Crippen LogP contribution >= 0.6 is 39.3 Å². The summed E-state index contributed by atoms with van der Waals surface area (Å²) in [7, 11) is 0. The van der Waals surface area contributed by atoms with Crippen molar-refractivity contribution in [2.75, 3.05) is 5.75 Å². The van der Waals surface area contributed by atoms with E-state index in [1.165, 1.54) is 0 Å². The van der Waals surface area contributed by atoms with E-state index in [0.29, 0.717) is 16.0 Å². The number of carboxylic acid groups (broad SMARTS) is 1. The van der Waals surface area contributed by atoms with Crippen LogP contribution in [0.25, 0.3) is 11.4 Å². The van der Waals surface area contributed by atoms with Crippen LogP contribution < -0.4 is 0 Å². The maximum Gasteiger partial charge on any atom is 0.313 e. The lowest BCUT2D eigenvalue weighted by atomic mass is 10.2. The van der Waals surface area contributed by atoms with Crippen molar-refractivity contribution in [3.63, 3.8) is 0 Å². The van der Waals surface area contributed by atoms with Crippen molar-refractivity contribution < 1.29 is 9.90 Å². The highest BCUT2D eigenvalue weighted by Crippen LogP contribution is 2.33. The van der Waals surface area contributed by atoms with E-state index >= 15 is 0 Å². The second-order valence-electron chi connectivity index (χ2n) is 4.58. The molecule has 1 N–H and O–H groups in total. The Kier molecular flexibility index (Phi) is 5.29. The van der Waals surface area contributed by atoms with Gasteiger partial charge in [0.15, 0.2) is 11.0 Å². The minimum absolute atomic E-state index is 0.0566. The predicted molar refractivity (Wildman–Crippen MR) is 86.9 cm³/mol. The van der Waals surface area contributed by atoms with E-state index in [4.69, 9.17) is 16.7 Å². The van der Waals surface area contributed by atoms with E-state index in [1.807, 2.05) is 30.5 Å². The number of thioether (sulfide) groups is 1. The van der Waals surface area contributed by atoms with Gasteiger partial charge in [-0.05, 0) is 32.0 Å². The quantitative estimate of drug-likeness (QED) is 0.778. The molecule has 2 rings (SSSR count). The Balaban J connectivity index is 2.46. The Hall–Kier alpha value is -1.05. The summed E-state index contributed by atoms with van der Waals surface area (Å²) >= 11 is 10.8. The Bertz CT molecular complexity index is 675. The van der Waals surface area contributed by atoms with Crippen LogP contribution in [0.5, 0.6) is 0 Å². The highest BCUT2D eigenvalue weighted by Gasteiger charge is 2.19. The second-order valence-corrected chi connectivity index (χ2v) is 6.84. The fourth-order valence-electron chi connectivity index (χ4n) is 1.82. The van der Waals surface area contributed by atoms with Crippen LogP contribution in [-0.4, -0.2) is 31.6 Å². The Morgan fingerprint density at radius 3 is 2.76 bits per heavy atom. The SMILES string of the molecule is CC(C)n1c(SCC(=O)O)nnc1-c1ccc(Br)cc1Cl. The van der Waals surface area contributed by atoms with Crippen molar-refractivity contribution >= 4 is 45.3 Å². The number of nitrogens with zero attached hydrogens (tertiary/aromatic N) is 3. The molecule has 0 aliphatic rings. The fraction of sp³-hybridized carbons (Fsp3) is 0.308. The first kappa shape index (κ1) is 16.3. The van der Waals surface area contributed by atoms with Gasteiger partial charge in [-0.2, -0.15) is 0 Å². The molecule has 0 aliphatic heterocycles. The number of aliphatic carboxylic acids is 1. The summed E-state index contributed by atoms with van der Waals surface area (Å²) in [5.74, 6) is -0.309. The standard InChI is InChI=1S/C13H13BrClN3O2S/c1-7(2)18-12(9-4-3-8(14)5-10(9)15)16-17-13(18)21-6-11(19)20/h3-5,7H,6H2,1-2H3,(H,19,20). The molecule has 0 atom stereocenters. The number of halogens is 2. The summed E-state index contributed by atoms with van der Waals surface area (Å²) in [6, 6.07) is 5.62. The first-order valence-corrected chi connectivity index (χ1v) is 8.30. The van der Waals surface area contributed by atoms with Gasteiger partial charge >= 0.3 is 5.97 Å². The van der Waals surface area contributed by atoms with Crippen LogP contribution in [0.3, 0.4) is 0 Å². The molecular formula is C13H13BrClN3O2S. The monoisotopic (exact) mass is 389 g/mol. The molecule has 0 spiro atoms. The first-order valence-electron chi connectivity index (χ1n) is 6.15. The number of carbonyl (C=O) groups is 1. The highest BCUT2D eigenvalue weighted by molar-refractivity contribution is 9.10. The molecule has 8 heteroatoms. The zero-order valence-electron chi connectivity index (χ0n) is 11.4. The zero-order chi connectivity index (χ0) is 15.6. The average molecular weight is 391 g/mol. The highest BCUT2D eigenvalue weighted by atomic mass is 79.9. The van der Waals surface area contributed by atoms with E-state index in [0.717, 1.165) is 21.8 Å². The smallest absolute Gasteiger partial charge is 0.313 e. The van der Waals surface area contributed by atoms with Gasteiger partial charge in [-0.15, -0.1) is 10.2 Å². The number of rotatable bonds is 5. The number of benzene rings is 1. The molecule has 2 aromatic rings. The summed E-state index contributed by atoms with van der Waals surface area (Å²) in [6.07, 6.45) is 0. The van der Waals surface area contributed by atoms with Gasteiger partial charge < -0.3 is 5.11 Å². The minimum Gasteiger partial charge on any atom is -0.481 e. The van der Waals surface area contributed by atoms with Crippen molar-refractivity contribution in [2.24, 2.45) is 0 Å². The fourth-order valence-corrected chi connectivity index (χ4v) is 3.37. The molecule has 1 heterocycles.